The average Bonchev–Trinajstić information content (AvgIpc) is 2.67. The summed E-state index contributed by atoms with van der Waals surface area (Å²) in [5.74, 6) is -2.00. The number of hydrogen-bond acceptors (Lipinski definition) is 4. The van der Waals surface area contributed by atoms with E-state index in [-0.39, 0.29) is 28.8 Å². The van der Waals surface area contributed by atoms with Crippen LogP contribution in [0.25, 0.3) is 0 Å². The van der Waals surface area contributed by atoms with Crippen molar-refractivity contribution in [2.45, 2.75) is 6.92 Å². The van der Waals surface area contributed by atoms with Crippen LogP contribution in [0.2, 0.25) is 0 Å². The van der Waals surface area contributed by atoms with Crippen LogP contribution < -0.4 is 0 Å². The van der Waals surface area contributed by atoms with Crippen molar-refractivity contribution in [2.75, 3.05) is 26.2 Å². The van der Waals surface area contributed by atoms with Crippen LogP contribution in [0.15, 0.2) is 36.4 Å². The molecule has 7 nitrogen and oxygen atoms in total. The number of amides is 2. The first kappa shape index (κ1) is 18.5. The number of benzene rings is 1. The van der Waals surface area contributed by atoms with Gasteiger partial charge in [0, 0.05) is 31.7 Å². The van der Waals surface area contributed by atoms with Gasteiger partial charge < -0.3 is 14.9 Å². The molecule has 1 saturated heterocycles. The molecular weight excluding hydrogens is 353 g/mol. The van der Waals surface area contributed by atoms with Gasteiger partial charge in [0.1, 0.15) is 11.5 Å². The van der Waals surface area contributed by atoms with Gasteiger partial charge >= 0.3 is 5.97 Å². The Balaban J connectivity index is 1.64. The van der Waals surface area contributed by atoms with Gasteiger partial charge in [-0.15, -0.1) is 0 Å². The molecule has 0 unspecified atom stereocenters. The van der Waals surface area contributed by atoms with E-state index >= 15 is 0 Å². The van der Waals surface area contributed by atoms with Crippen LogP contribution in [-0.2, 0) is 0 Å². The van der Waals surface area contributed by atoms with E-state index in [1.54, 1.807) is 16.7 Å². The first-order valence-electron chi connectivity index (χ1n) is 8.42. The first-order chi connectivity index (χ1) is 12.9. The number of carbonyl (C=O) groups excluding carboxylic acids is 2. The number of pyridine rings is 1. The van der Waals surface area contributed by atoms with Crippen LogP contribution in [0, 0.1) is 12.7 Å². The van der Waals surface area contributed by atoms with Gasteiger partial charge in [0.2, 0.25) is 0 Å². The predicted octanol–water partition coefficient (Wildman–Crippen LogP) is 1.83. The fourth-order valence-electron chi connectivity index (χ4n) is 2.96. The van der Waals surface area contributed by atoms with Crippen molar-refractivity contribution in [1.82, 2.24) is 14.8 Å². The van der Waals surface area contributed by atoms with E-state index in [1.165, 1.54) is 36.4 Å². The zero-order valence-electron chi connectivity index (χ0n) is 14.7. The summed E-state index contributed by atoms with van der Waals surface area (Å²) in [7, 11) is 0. The third kappa shape index (κ3) is 3.94. The molecule has 0 bridgehead atoms. The van der Waals surface area contributed by atoms with Gasteiger partial charge in [-0.05, 0) is 43.3 Å². The van der Waals surface area contributed by atoms with Crippen LogP contribution in [0.1, 0.15) is 36.9 Å². The minimum atomic E-state index is -1.09. The summed E-state index contributed by atoms with van der Waals surface area (Å²) in [5, 5.41) is 9.04. The van der Waals surface area contributed by atoms with E-state index in [0.717, 1.165) is 0 Å². The Kier molecular flexibility index (Phi) is 5.16. The molecule has 0 atom stereocenters. The minimum Gasteiger partial charge on any atom is -0.478 e. The molecule has 1 aromatic heterocycles. The molecule has 2 aromatic rings. The van der Waals surface area contributed by atoms with E-state index in [2.05, 4.69) is 4.98 Å². The lowest BCUT2D eigenvalue weighted by Gasteiger charge is -2.34. The number of piperazine rings is 1. The number of aryl methyl sites for hydroxylation is 1. The highest BCUT2D eigenvalue weighted by Crippen LogP contribution is 2.13. The second-order valence-electron chi connectivity index (χ2n) is 6.23. The summed E-state index contributed by atoms with van der Waals surface area (Å²) < 4.78 is 13.0. The summed E-state index contributed by atoms with van der Waals surface area (Å²) in [5.41, 5.74) is 0.910. The van der Waals surface area contributed by atoms with Gasteiger partial charge in [-0.2, -0.15) is 0 Å². The maximum atomic E-state index is 13.0. The highest BCUT2D eigenvalue weighted by Gasteiger charge is 2.26. The van der Waals surface area contributed by atoms with Crippen LogP contribution in [0.5, 0.6) is 0 Å². The summed E-state index contributed by atoms with van der Waals surface area (Å²) >= 11 is 0. The Hall–Kier alpha value is -3.29. The molecule has 1 aliphatic heterocycles. The van der Waals surface area contributed by atoms with Crippen LogP contribution >= 0.6 is 0 Å². The first-order valence-corrected chi connectivity index (χ1v) is 8.42. The minimum absolute atomic E-state index is 0.0567. The third-order valence-electron chi connectivity index (χ3n) is 4.48. The maximum Gasteiger partial charge on any atom is 0.337 e. The molecule has 0 radical (unpaired) electrons. The van der Waals surface area contributed by atoms with Crippen LogP contribution in [0.4, 0.5) is 4.39 Å². The standard InChI is InChI=1S/C19H18FN3O4/c1-12-15(19(26)27)6-7-16(21-12)18(25)23-10-8-22(9-11-23)17(24)13-2-4-14(20)5-3-13/h2-7H,8-11H2,1H3,(H,26,27). The Morgan fingerprint density at radius 3 is 2.00 bits per heavy atom. The maximum absolute atomic E-state index is 13.0. The predicted molar refractivity (Wildman–Crippen MR) is 94.1 cm³/mol. The van der Waals surface area contributed by atoms with Crippen molar-refractivity contribution in [3.8, 4) is 0 Å². The Morgan fingerprint density at radius 2 is 1.48 bits per heavy atom. The van der Waals surface area contributed by atoms with E-state index < -0.39 is 11.8 Å². The largest absolute Gasteiger partial charge is 0.478 e. The number of aromatic carboxylic acids is 1. The van der Waals surface area contributed by atoms with Gasteiger partial charge in [0.15, 0.2) is 0 Å². The lowest BCUT2D eigenvalue weighted by molar-refractivity contribution is 0.0532. The normalized spacial score (nSPS) is 14.1. The van der Waals surface area contributed by atoms with Gasteiger partial charge in [-0.3, -0.25) is 9.59 Å². The SMILES string of the molecule is Cc1nc(C(=O)N2CCN(C(=O)c3ccc(F)cc3)CC2)ccc1C(=O)O. The number of halogens is 1. The average molecular weight is 371 g/mol. The highest BCUT2D eigenvalue weighted by molar-refractivity contribution is 5.96. The molecular formula is C19H18FN3O4. The Bertz CT molecular complexity index is 890. The Labute approximate surface area is 155 Å². The van der Waals surface area contributed by atoms with Gasteiger partial charge in [0.05, 0.1) is 11.3 Å². The molecule has 140 valence electrons. The summed E-state index contributed by atoms with van der Waals surface area (Å²) in [6.07, 6.45) is 0. The number of carbonyl (C=O) groups is 3. The summed E-state index contributed by atoms with van der Waals surface area (Å²) in [6.45, 7) is 2.93. The fourth-order valence-corrected chi connectivity index (χ4v) is 2.96. The topological polar surface area (TPSA) is 90.8 Å². The van der Waals surface area contributed by atoms with Crippen molar-refractivity contribution < 1.29 is 23.9 Å². The zero-order chi connectivity index (χ0) is 19.6. The lowest BCUT2D eigenvalue weighted by atomic mass is 10.1. The monoisotopic (exact) mass is 371 g/mol. The summed E-state index contributed by atoms with van der Waals surface area (Å²) in [6, 6.07) is 8.11. The molecule has 2 heterocycles. The molecule has 8 heteroatoms. The van der Waals surface area contributed by atoms with Gasteiger partial charge in [-0.1, -0.05) is 0 Å². The van der Waals surface area contributed by atoms with E-state index in [9.17, 15) is 18.8 Å². The zero-order valence-corrected chi connectivity index (χ0v) is 14.7. The molecule has 1 aliphatic rings. The smallest absolute Gasteiger partial charge is 0.337 e. The number of aromatic nitrogens is 1. The fraction of sp³-hybridized carbons (Fsp3) is 0.263. The van der Waals surface area contributed by atoms with E-state index in [1.807, 2.05) is 0 Å². The molecule has 0 saturated carbocycles. The number of carboxylic acids is 1. The number of nitrogens with zero attached hydrogens (tertiary/aromatic N) is 3. The molecule has 1 aromatic carbocycles. The molecule has 0 aliphatic carbocycles. The number of rotatable bonds is 3. The number of carboxylic acid groups (broad SMARTS) is 1. The quantitative estimate of drug-likeness (QED) is 0.889. The third-order valence-corrected chi connectivity index (χ3v) is 4.48. The highest BCUT2D eigenvalue weighted by atomic mass is 19.1. The molecule has 1 N–H and O–H groups in total. The van der Waals surface area contributed by atoms with E-state index in [0.29, 0.717) is 31.7 Å². The van der Waals surface area contributed by atoms with Crippen molar-refractivity contribution in [3.63, 3.8) is 0 Å². The molecule has 1 fully saturated rings. The molecule has 2 amide bonds. The van der Waals surface area contributed by atoms with Crippen molar-refractivity contribution in [3.05, 3.63) is 64.7 Å². The lowest BCUT2D eigenvalue weighted by Crippen LogP contribution is -2.50. The van der Waals surface area contributed by atoms with Crippen LogP contribution in [-0.4, -0.2) is 63.9 Å². The van der Waals surface area contributed by atoms with Crippen molar-refractivity contribution in [2.24, 2.45) is 0 Å². The molecule has 0 spiro atoms. The van der Waals surface area contributed by atoms with E-state index in [4.69, 9.17) is 5.11 Å². The van der Waals surface area contributed by atoms with Crippen molar-refractivity contribution in [1.29, 1.82) is 0 Å². The van der Waals surface area contributed by atoms with Crippen LogP contribution in [0.3, 0.4) is 0 Å². The van der Waals surface area contributed by atoms with Gasteiger partial charge in [-0.25, -0.2) is 14.2 Å². The Morgan fingerprint density at radius 1 is 0.926 bits per heavy atom. The molecule has 3 rings (SSSR count). The van der Waals surface area contributed by atoms with Crippen molar-refractivity contribution >= 4 is 17.8 Å². The molecule has 27 heavy (non-hydrogen) atoms. The second kappa shape index (κ2) is 7.53. The number of hydrogen-bond donors (Lipinski definition) is 1. The second-order valence-corrected chi connectivity index (χ2v) is 6.23. The van der Waals surface area contributed by atoms with Gasteiger partial charge in [0.25, 0.3) is 11.8 Å². The summed E-state index contributed by atoms with van der Waals surface area (Å²) in [4.78, 5) is 43.4.